The Bertz CT molecular complexity index is 450. The van der Waals surface area contributed by atoms with Gasteiger partial charge in [-0.25, -0.2) is 4.79 Å². The Morgan fingerprint density at radius 2 is 2.10 bits per heavy atom. The number of nitrogens with one attached hydrogen (secondary N) is 2. The van der Waals surface area contributed by atoms with Gasteiger partial charge in [-0.2, -0.15) is 0 Å². The van der Waals surface area contributed by atoms with Gasteiger partial charge in [-0.15, -0.1) is 0 Å². The van der Waals surface area contributed by atoms with Gasteiger partial charge in [0.05, 0.1) is 24.4 Å². The Labute approximate surface area is 119 Å². The minimum atomic E-state index is -0.448. The van der Waals surface area contributed by atoms with Crippen molar-refractivity contribution in [2.75, 3.05) is 11.9 Å². The van der Waals surface area contributed by atoms with E-state index in [1.165, 1.54) is 0 Å². The number of benzene rings is 1. The van der Waals surface area contributed by atoms with E-state index in [9.17, 15) is 9.90 Å². The molecule has 2 rings (SSSR count). The average molecular weight is 278 g/mol. The van der Waals surface area contributed by atoms with Crippen molar-refractivity contribution in [3.05, 3.63) is 24.3 Å². The molecule has 1 aliphatic carbocycles. The molecule has 0 aromatic heterocycles. The van der Waals surface area contributed by atoms with Crippen molar-refractivity contribution >= 4 is 11.7 Å². The van der Waals surface area contributed by atoms with Gasteiger partial charge in [0.2, 0.25) is 0 Å². The zero-order chi connectivity index (χ0) is 14.4. The molecule has 0 spiro atoms. The lowest BCUT2D eigenvalue weighted by Crippen LogP contribution is -2.46. The van der Waals surface area contributed by atoms with Gasteiger partial charge in [0, 0.05) is 0 Å². The molecule has 1 saturated carbocycles. The second kappa shape index (κ2) is 7.14. The van der Waals surface area contributed by atoms with Crippen LogP contribution < -0.4 is 15.4 Å². The third-order valence-electron chi connectivity index (χ3n) is 3.48. The summed E-state index contributed by atoms with van der Waals surface area (Å²) in [4.78, 5) is 12.0. The van der Waals surface area contributed by atoms with Crippen molar-refractivity contribution in [1.29, 1.82) is 0 Å². The van der Waals surface area contributed by atoms with Gasteiger partial charge in [-0.1, -0.05) is 25.0 Å². The highest BCUT2D eigenvalue weighted by molar-refractivity contribution is 5.91. The SMILES string of the molecule is CCOc1ccccc1NC(=O)N[C@H]1CCCC[C@H]1O. The molecule has 2 amide bonds. The smallest absolute Gasteiger partial charge is 0.319 e. The third kappa shape index (κ3) is 3.87. The van der Waals surface area contributed by atoms with Crippen LogP contribution in [0.2, 0.25) is 0 Å². The van der Waals surface area contributed by atoms with E-state index < -0.39 is 6.10 Å². The molecule has 0 radical (unpaired) electrons. The number of hydrogen-bond acceptors (Lipinski definition) is 3. The Kier molecular flexibility index (Phi) is 5.24. The van der Waals surface area contributed by atoms with Gasteiger partial charge >= 0.3 is 6.03 Å². The van der Waals surface area contributed by atoms with E-state index in [-0.39, 0.29) is 12.1 Å². The summed E-state index contributed by atoms with van der Waals surface area (Å²) in [6.45, 7) is 2.44. The summed E-state index contributed by atoms with van der Waals surface area (Å²) in [6.07, 6.45) is 3.19. The second-order valence-corrected chi connectivity index (χ2v) is 4.99. The first kappa shape index (κ1) is 14.7. The predicted molar refractivity (Wildman–Crippen MR) is 78.0 cm³/mol. The molecule has 1 fully saturated rings. The number of para-hydroxylation sites is 2. The summed E-state index contributed by atoms with van der Waals surface area (Å²) in [5.74, 6) is 0.648. The van der Waals surface area contributed by atoms with Crippen LogP contribution in [0.15, 0.2) is 24.3 Å². The van der Waals surface area contributed by atoms with Crippen molar-refractivity contribution in [2.45, 2.75) is 44.8 Å². The molecule has 0 heterocycles. The van der Waals surface area contributed by atoms with Crippen molar-refractivity contribution in [3.63, 3.8) is 0 Å². The van der Waals surface area contributed by atoms with Crippen LogP contribution in [-0.2, 0) is 0 Å². The fraction of sp³-hybridized carbons (Fsp3) is 0.533. The third-order valence-corrected chi connectivity index (χ3v) is 3.48. The molecule has 5 nitrogen and oxygen atoms in total. The lowest BCUT2D eigenvalue weighted by molar-refractivity contribution is 0.0955. The number of aliphatic hydroxyl groups excluding tert-OH is 1. The molecule has 2 atom stereocenters. The molecule has 3 N–H and O–H groups in total. The topological polar surface area (TPSA) is 70.6 Å². The van der Waals surface area contributed by atoms with Crippen LogP contribution in [0.3, 0.4) is 0 Å². The molecule has 1 aliphatic rings. The maximum atomic E-state index is 12.0. The van der Waals surface area contributed by atoms with Gasteiger partial charge in [0.1, 0.15) is 5.75 Å². The number of carbonyl (C=O) groups excluding carboxylic acids is 1. The number of rotatable bonds is 4. The van der Waals surface area contributed by atoms with Gasteiger partial charge < -0.3 is 20.5 Å². The number of carbonyl (C=O) groups is 1. The Morgan fingerprint density at radius 3 is 2.85 bits per heavy atom. The number of hydrogen-bond donors (Lipinski definition) is 3. The van der Waals surface area contributed by atoms with Crippen LogP contribution in [0.5, 0.6) is 5.75 Å². The van der Waals surface area contributed by atoms with E-state index in [4.69, 9.17) is 4.74 Å². The second-order valence-electron chi connectivity index (χ2n) is 4.99. The molecule has 20 heavy (non-hydrogen) atoms. The number of amides is 2. The Balaban J connectivity index is 1.94. The molecular weight excluding hydrogens is 256 g/mol. The average Bonchev–Trinajstić information content (AvgIpc) is 2.44. The number of ether oxygens (including phenoxy) is 1. The fourth-order valence-corrected chi connectivity index (χ4v) is 2.46. The van der Waals surface area contributed by atoms with Crippen LogP contribution in [0.1, 0.15) is 32.6 Å². The van der Waals surface area contributed by atoms with E-state index in [0.717, 1.165) is 25.7 Å². The lowest BCUT2D eigenvalue weighted by atomic mass is 9.93. The fourth-order valence-electron chi connectivity index (χ4n) is 2.46. The molecule has 0 bridgehead atoms. The number of aliphatic hydroxyl groups is 1. The first-order chi connectivity index (χ1) is 9.70. The summed E-state index contributed by atoms with van der Waals surface area (Å²) < 4.78 is 5.46. The van der Waals surface area contributed by atoms with Gasteiger partial charge in [0.25, 0.3) is 0 Å². The molecule has 5 heteroatoms. The normalized spacial score (nSPS) is 22.1. The highest BCUT2D eigenvalue weighted by atomic mass is 16.5. The standard InChI is InChI=1S/C15H22N2O3/c1-2-20-14-10-6-4-8-12(14)17-15(19)16-11-7-3-5-9-13(11)18/h4,6,8,10-11,13,18H,2-3,5,7,9H2,1H3,(H2,16,17,19)/t11-,13+/m0/s1. The summed E-state index contributed by atoms with van der Waals surface area (Å²) >= 11 is 0. The summed E-state index contributed by atoms with van der Waals surface area (Å²) in [7, 11) is 0. The van der Waals surface area contributed by atoms with Crippen LogP contribution in [0.25, 0.3) is 0 Å². The molecule has 0 aliphatic heterocycles. The van der Waals surface area contributed by atoms with Crippen molar-refractivity contribution in [2.24, 2.45) is 0 Å². The van der Waals surface area contributed by atoms with E-state index in [0.29, 0.717) is 18.0 Å². The van der Waals surface area contributed by atoms with E-state index in [1.54, 1.807) is 6.07 Å². The number of anilines is 1. The quantitative estimate of drug-likeness (QED) is 0.792. The van der Waals surface area contributed by atoms with Crippen molar-refractivity contribution in [3.8, 4) is 5.75 Å². The van der Waals surface area contributed by atoms with Crippen LogP contribution in [-0.4, -0.2) is 29.9 Å². The summed E-state index contributed by atoms with van der Waals surface area (Å²) in [5.41, 5.74) is 0.636. The summed E-state index contributed by atoms with van der Waals surface area (Å²) in [6, 6.07) is 6.84. The molecule has 1 aromatic carbocycles. The first-order valence-electron chi connectivity index (χ1n) is 7.18. The minimum absolute atomic E-state index is 0.164. The molecule has 1 aromatic rings. The van der Waals surface area contributed by atoms with Crippen molar-refractivity contribution < 1.29 is 14.6 Å². The van der Waals surface area contributed by atoms with E-state index in [2.05, 4.69) is 10.6 Å². The van der Waals surface area contributed by atoms with Gasteiger partial charge in [-0.05, 0) is 31.9 Å². The van der Waals surface area contributed by atoms with Crippen LogP contribution in [0, 0.1) is 0 Å². The predicted octanol–water partition coefficient (Wildman–Crippen LogP) is 2.51. The maximum absolute atomic E-state index is 12.0. The van der Waals surface area contributed by atoms with Crippen molar-refractivity contribution in [1.82, 2.24) is 5.32 Å². The Morgan fingerprint density at radius 1 is 1.35 bits per heavy atom. The van der Waals surface area contributed by atoms with E-state index >= 15 is 0 Å². The maximum Gasteiger partial charge on any atom is 0.319 e. The first-order valence-corrected chi connectivity index (χ1v) is 7.18. The van der Waals surface area contributed by atoms with Gasteiger partial charge in [0.15, 0.2) is 0 Å². The zero-order valence-electron chi connectivity index (χ0n) is 11.8. The highest BCUT2D eigenvalue weighted by Gasteiger charge is 2.24. The minimum Gasteiger partial charge on any atom is -0.492 e. The van der Waals surface area contributed by atoms with Crippen LogP contribution >= 0.6 is 0 Å². The zero-order valence-corrected chi connectivity index (χ0v) is 11.8. The molecule has 0 saturated heterocycles. The van der Waals surface area contributed by atoms with E-state index in [1.807, 2.05) is 25.1 Å². The van der Waals surface area contributed by atoms with Crippen LogP contribution in [0.4, 0.5) is 10.5 Å². The molecule has 0 unspecified atom stereocenters. The highest BCUT2D eigenvalue weighted by Crippen LogP contribution is 2.24. The van der Waals surface area contributed by atoms with Gasteiger partial charge in [-0.3, -0.25) is 0 Å². The monoisotopic (exact) mass is 278 g/mol. The largest absolute Gasteiger partial charge is 0.492 e. The Hall–Kier alpha value is -1.75. The molecule has 110 valence electrons. The molecular formula is C15H22N2O3. The number of urea groups is 1. The summed E-state index contributed by atoms with van der Waals surface area (Å²) in [5, 5.41) is 15.5. The lowest BCUT2D eigenvalue weighted by Gasteiger charge is -2.28.